The molecular formula is C20H20ClN3O3. The highest BCUT2D eigenvalue weighted by Gasteiger charge is 2.21. The van der Waals surface area contributed by atoms with E-state index in [0.29, 0.717) is 16.3 Å². The summed E-state index contributed by atoms with van der Waals surface area (Å²) in [6.45, 7) is -0.214. The summed E-state index contributed by atoms with van der Waals surface area (Å²) in [6.07, 6.45) is 2.98. The van der Waals surface area contributed by atoms with Gasteiger partial charge in [-0.05, 0) is 35.9 Å². The molecule has 27 heavy (non-hydrogen) atoms. The molecule has 0 saturated carbocycles. The summed E-state index contributed by atoms with van der Waals surface area (Å²) in [6, 6.07) is 13.6. The fraction of sp³-hybridized carbons (Fsp3) is 0.150. The van der Waals surface area contributed by atoms with E-state index in [1.807, 2.05) is 0 Å². The monoisotopic (exact) mass is 385 g/mol. The number of carbonyl (C=O) groups excluding carboxylic acids is 3. The lowest BCUT2D eigenvalue weighted by Gasteiger charge is -2.23. The van der Waals surface area contributed by atoms with Gasteiger partial charge in [0.2, 0.25) is 5.91 Å². The molecule has 140 valence electrons. The van der Waals surface area contributed by atoms with Crippen molar-refractivity contribution in [1.82, 2.24) is 10.6 Å². The molecule has 0 saturated heterocycles. The number of anilines is 1. The lowest BCUT2D eigenvalue weighted by molar-refractivity contribution is -0.121. The summed E-state index contributed by atoms with van der Waals surface area (Å²) in [4.78, 5) is 38.1. The molecule has 7 heteroatoms. The Balaban J connectivity index is 2.37. The largest absolute Gasteiger partial charge is 0.358 e. The Morgan fingerprint density at radius 3 is 2.30 bits per heavy atom. The predicted molar refractivity (Wildman–Crippen MR) is 107 cm³/mol. The van der Waals surface area contributed by atoms with Gasteiger partial charge in [-0.2, -0.15) is 0 Å². The summed E-state index contributed by atoms with van der Waals surface area (Å²) < 4.78 is 0. The topological polar surface area (TPSA) is 78.5 Å². The molecule has 0 spiro atoms. The third-order valence-corrected chi connectivity index (χ3v) is 4.05. The minimum atomic E-state index is -0.426. The molecule has 3 amide bonds. The average molecular weight is 386 g/mol. The number of carbonyl (C=O) groups is 3. The summed E-state index contributed by atoms with van der Waals surface area (Å²) in [7, 11) is 2.99. The minimum Gasteiger partial charge on any atom is -0.358 e. The van der Waals surface area contributed by atoms with Crippen LogP contribution in [0.1, 0.15) is 15.9 Å². The Morgan fingerprint density at radius 1 is 1.00 bits per heavy atom. The molecule has 2 aromatic carbocycles. The van der Waals surface area contributed by atoms with E-state index in [9.17, 15) is 14.4 Å². The summed E-state index contributed by atoms with van der Waals surface area (Å²) in [5.74, 6) is -1.12. The first kappa shape index (κ1) is 20.2. The summed E-state index contributed by atoms with van der Waals surface area (Å²) >= 11 is 5.86. The third kappa shape index (κ3) is 5.43. The molecule has 6 nitrogen and oxygen atoms in total. The number of para-hydroxylation sites is 1. The number of amides is 3. The van der Waals surface area contributed by atoms with Crippen LogP contribution < -0.4 is 15.5 Å². The maximum Gasteiger partial charge on any atom is 0.253 e. The number of benzene rings is 2. The van der Waals surface area contributed by atoms with Crippen molar-refractivity contribution in [3.8, 4) is 0 Å². The van der Waals surface area contributed by atoms with Crippen LogP contribution >= 0.6 is 11.6 Å². The Hall–Kier alpha value is -3.12. The van der Waals surface area contributed by atoms with Crippen molar-refractivity contribution in [2.75, 3.05) is 25.5 Å². The highest BCUT2D eigenvalue weighted by molar-refractivity contribution is 6.30. The second kappa shape index (κ2) is 9.54. The van der Waals surface area contributed by atoms with Crippen LogP contribution in [-0.4, -0.2) is 38.4 Å². The Morgan fingerprint density at radius 2 is 1.67 bits per heavy atom. The van der Waals surface area contributed by atoms with Gasteiger partial charge in [-0.3, -0.25) is 19.3 Å². The fourth-order valence-corrected chi connectivity index (χ4v) is 2.50. The third-order valence-electron chi connectivity index (χ3n) is 3.80. The van der Waals surface area contributed by atoms with Crippen LogP contribution in [0.2, 0.25) is 5.02 Å². The fourth-order valence-electron chi connectivity index (χ4n) is 2.37. The number of nitrogens with one attached hydrogen (secondary N) is 2. The van der Waals surface area contributed by atoms with Crippen LogP contribution in [-0.2, 0) is 9.59 Å². The molecule has 0 heterocycles. The molecule has 2 rings (SSSR count). The van der Waals surface area contributed by atoms with Gasteiger partial charge in [0.05, 0.1) is 11.3 Å². The van der Waals surface area contributed by atoms with Gasteiger partial charge in [0.1, 0.15) is 6.54 Å². The lowest BCUT2D eigenvalue weighted by Crippen LogP contribution is -2.40. The zero-order chi connectivity index (χ0) is 19.8. The average Bonchev–Trinajstić information content (AvgIpc) is 2.70. The van der Waals surface area contributed by atoms with Crippen molar-refractivity contribution in [1.29, 1.82) is 0 Å². The quantitative estimate of drug-likeness (QED) is 0.750. The first-order chi connectivity index (χ1) is 13.0. The van der Waals surface area contributed by atoms with Gasteiger partial charge in [0, 0.05) is 25.2 Å². The van der Waals surface area contributed by atoms with Crippen molar-refractivity contribution in [2.45, 2.75) is 0 Å². The molecule has 2 N–H and O–H groups in total. The normalized spacial score (nSPS) is 10.5. The standard InChI is InChI=1S/C20H20ClN3O3/c1-22-18(25)13-24(17-6-4-3-5-16(17)20(27)23-2)19(26)12-9-14-7-10-15(21)11-8-14/h3-12H,13H2,1-2H3,(H,22,25)(H,23,27)/b12-9+. The highest BCUT2D eigenvalue weighted by Crippen LogP contribution is 2.21. The van der Waals surface area contributed by atoms with E-state index in [-0.39, 0.29) is 18.4 Å². The van der Waals surface area contributed by atoms with Crippen molar-refractivity contribution in [2.24, 2.45) is 0 Å². The second-order valence-corrected chi connectivity index (χ2v) is 6.02. The van der Waals surface area contributed by atoms with Crippen molar-refractivity contribution in [3.63, 3.8) is 0 Å². The molecule has 0 aromatic heterocycles. The van der Waals surface area contributed by atoms with Gasteiger partial charge in [-0.15, -0.1) is 0 Å². The van der Waals surface area contributed by atoms with Crippen LogP contribution in [0, 0.1) is 0 Å². The molecule has 0 radical (unpaired) electrons. The number of hydrogen-bond donors (Lipinski definition) is 2. The first-order valence-electron chi connectivity index (χ1n) is 8.23. The SMILES string of the molecule is CNC(=O)CN(C(=O)/C=C/c1ccc(Cl)cc1)c1ccccc1C(=O)NC. The molecule has 0 aliphatic heterocycles. The molecule has 0 aliphatic rings. The van der Waals surface area contributed by atoms with Crippen LogP contribution in [0.4, 0.5) is 5.69 Å². The first-order valence-corrected chi connectivity index (χ1v) is 8.61. The Labute approximate surface area is 162 Å². The minimum absolute atomic E-state index is 0.214. The maximum absolute atomic E-state index is 12.8. The van der Waals surface area contributed by atoms with Crippen molar-refractivity contribution < 1.29 is 14.4 Å². The molecule has 2 aromatic rings. The van der Waals surface area contributed by atoms with E-state index in [1.54, 1.807) is 54.6 Å². The Bertz CT molecular complexity index is 863. The second-order valence-electron chi connectivity index (χ2n) is 5.58. The van der Waals surface area contributed by atoms with Gasteiger partial charge in [-0.25, -0.2) is 0 Å². The summed E-state index contributed by atoms with van der Waals surface area (Å²) in [5, 5.41) is 5.63. The molecule has 0 bridgehead atoms. The Kier molecular flexibility index (Phi) is 7.14. The van der Waals surface area contributed by atoms with Crippen LogP contribution in [0.3, 0.4) is 0 Å². The molecule has 0 fully saturated rings. The number of hydrogen-bond acceptors (Lipinski definition) is 3. The van der Waals surface area contributed by atoms with Crippen LogP contribution in [0.5, 0.6) is 0 Å². The van der Waals surface area contributed by atoms with Crippen molar-refractivity contribution >= 4 is 41.1 Å². The number of halogens is 1. The van der Waals surface area contributed by atoms with E-state index < -0.39 is 5.91 Å². The smallest absolute Gasteiger partial charge is 0.253 e. The number of rotatable bonds is 6. The van der Waals surface area contributed by atoms with Gasteiger partial charge in [0.25, 0.3) is 11.8 Å². The van der Waals surface area contributed by atoms with E-state index in [4.69, 9.17) is 11.6 Å². The zero-order valence-corrected chi connectivity index (χ0v) is 15.8. The van der Waals surface area contributed by atoms with E-state index >= 15 is 0 Å². The highest BCUT2D eigenvalue weighted by atomic mass is 35.5. The number of nitrogens with zero attached hydrogens (tertiary/aromatic N) is 1. The summed E-state index contributed by atoms with van der Waals surface area (Å²) in [5.41, 5.74) is 1.44. The van der Waals surface area contributed by atoms with Crippen LogP contribution in [0.25, 0.3) is 6.08 Å². The van der Waals surface area contributed by atoms with Gasteiger partial charge in [-0.1, -0.05) is 35.9 Å². The van der Waals surface area contributed by atoms with E-state index in [1.165, 1.54) is 25.1 Å². The molecule has 0 atom stereocenters. The van der Waals surface area contributed by atoms with Crippen molar-refractivity contribution in [3.05, 3.63) is 70.8 Å². The van der Waals surface area contributed by atoms with Gasteiger partial charge in [0.15, 0.2) is 0 Å². The predicted octanol–water partition coefficient (Wildman–Crippen LogP) is 2.49. The van der Waals surface area contributed by atoms with Gasteiger partial charge >= 0.3 is 0 Å². The van der Waals surface area contributed by atoms with E-state index in [2.05, 4.69) is 10.6 Å². The molecule has 0 unspecified atom stereocenters. The number of likely N-dealkylation sites (N-methyl/N-ethyl adjacent to an activating group) is 1. The lowest BCUT2D eigenvalue weighted by atomic mass is 10.1. The van der Waals surface area contributed by atoms with Gasteiger partial charge < -0.3 is 10.6 Å². The maximum atomic E-state index is 12.8. The van der Waals surface area contributed by atoms with E-state index in [0.717, 1.165) is 5.56 Å². The molecule has 0 aliphatic carbocycles. The molecular weight excluding hydrogens is 366 g/mol. The van der Waals surface area contributed by atoms with Crippen LogP contribution in [0.15, 0.2) is 54.6 Å². The zero-order valence-electron chi connectivity index (χ0n) is 15.0.